The third-order valence-electron chi connectivity index (χ3n) is 2.72. The highest BCUT2D eigenvalue weighted by molar-refractivity contribution is 7.23. The van der Waals surface area contributed by atoms with E-state index in [2.05, 4.69) is 10.3 Å². The van der Waals surface area contributed by atoms with Gasteiger partial charge in [-0.2, -0.15) is 0 Å². The molecule has 1 amide bonds. The lowest BCUT2D eigenvalue weighted by Gasteiger charge is -2.11. The van der Waals surface area contributed by atoms with Crippen molar-refractivity contribution in [1.82, 2.24) is 10.3 Å². The maximum atomic E-state index is 11.8. The monoisotopic (exact) mass is 344 g/mol. The lowest BCUT2D eigenvalue weighted by atomic mass is 10.2. The molecule has 2 rings (SSSR count). The van der Waals surface area contributed by atoms with Crippen LogP contribution in [0.15, 0.2) is 17.5 Å². The van der Waals surface area contributed by atoms with Gasteiger partial charge in [-0.1, -0.05) is 18.5 Å². The summed E-state index contributed by atoms with van der Waals surface area (Å²) in [7, 11) is 0. The first kappa shape index (κ1) is 15.9. The molecular weight excluding hydrogens is 332 g/mol. The molecule has 2 heterocycles. The van der Waals surface area contributed by atoms with Crippen molar-refractivity contribution in [2.45, 2.75) is 25.8 Å². The molecule has 0 unspecified atom stereocenters. The Kier molecular flexibility index (Phi) is 5.33. The maximum Gasteiger partial charge on any atom is 0.326 e. The fourth-order valence-corrected chi connectivity index (χ4v) is 3.61. The molecule has 0 fully saturated rings. The summed E-state index contributed by atoms with van der Waals surface area (Å²) in [6, 6.07) is 2.83. The van der Waals surface area contributed by atoms with Crippen LogP contribution in [0.25, 0.3) is 9.88 Å². The minimum atomic E-state index is -1.03. The number of carboxylic acid groups (broad SMARTS) is 1. The van der Waals surface area contributed by atoms with Crippen LogP contribution < -0.4 is 5.32 Å². The van der Waals surface area contributed by atoms with Crippen LogP contribution in [-0.4, -0.2) is 28.0 Å². The van der Waals surface area contributed by atoms with Crippen LogP contribution in [0.4, 0.5) is 0 Å². The summed E-state index contributed by atoms with van der Waals surface area (Å²) in [6.07, 6.45) is 0.413. The van der Waals surface area contributed by atoms with E-state index in [0.717, 1.165) is 9.88 Å². The summed E-state index contributed by atoms with van der Waals surface area (Å²) < 4.78 is 0.687. The Morgan fingerprint density at radius 1 is 1.48 bits per heavy atom. The third kappa shape index (κ3) is 4.26. The van der Waals surface area contributed by atoms with Crippen LogP contribution in [0, 0.1) is 0 Å². The molecule has 0 bridgehead atoms. The van der Waals surface area contributed by atoms with Crippen molar-refractivity contribution < 1.29 is 14.7 Å². The van der Waals surface area contributed by atoms with Crippen molar-refractivity contribution in [3.05, 3.63) is 27.5 Å². The topological polar surface area (TPSA) is 79.3 Å². The van der Waals surface area contributed by atoms with Crippen molar-refractivity contribution >= 4 is 46.2 Å². The molecule has 8 heteroatoms. The van der Waals surface area contributed by atoms with Crippen LogP contribution in [-0.2, 0) is 16.0 Å². The molecule has 0 radical (unpaired) electrons. The number of amides is 1. The van der Waals surface area contributed by atoms with Gasteiger partial charge in [0, 0.05) is 5.38 Å². The van der Waals surface area contributed by atoms with Gasteiger partial charge in [0.15, 0.2) is 0 Å². The van der Waals surface area contributed by atoms with Crippen LogP contribution in [0.1, 0.15) is 19.0 Å². The molecule has 0 aromatic carbocycles. The van der Waals surface area contributed by atoms with Gasteiger partial charge in [0.25, 0.3) is 0 Å². The Labute approximate surface area is 134 Å². The molecule has 0 aliphatic heterocycles. The number of hydrogen-bond acceptors (Lipinski definition) is 5. The van der Waals surface area contributed by atoms with E-state index >= 15 is 0 Å². The van der Waals surface area contributed by atoms with E-state index in [1.807, 2.05) is 6.07 Å². The van der Waals surface area contributed by atoms with Crippen LogP contribution in [0.3, 0.4) is 0 Å². The molecule has 2 N–H and O–H groups in total. The molecular formula is C13H13ClN2O3S2. The largest absolute Gasteiger partial charge is 0.480 e. The molecule has 0 saturated carbocycles. The van der Waals surface area contributed by atoms with Crippen LogP contribution in [0.2, 0.25) is 4.34 Å². The standard InChI is InChI=1S/C13H13ClN2O3S2/c1-2-8(13(18)19)16-11(17)5-7-6-20-12(15-7)9-3-4-10(14)21-9/h3-4,6,8H,2,5H2,1H3,(H,16,17)(H,18,19)/t8-/m0/s1. The predicted molar refractivity (Wildman–Crippen MR) is 84.0 cm³/mol. The van der Waals surface area contributed by atoms with E-state index in [1.165, 1.54) is 22.7 Å². The summed E-state index contributed by atoms with van der Waals surface area (Å²) in [4.78, 5) is 28.0. The molecule has 0 aliphatic rings. The van der Waals surface area contributed by atoms with Gasteiger partial charge in [0.2, 0.25) is 5.91 Å². The van der Waals surface area contributed by atoms with Crippen molar-refractivity contribution in [2.75, 3.05) is 0 Å². The summed E-state index contributed by atoms with van der Waals surface area (Å²) in [5.74, 6) is -1.37. The first-order valence-electron chi connectivity index (χ1n) is 6.22. The van der Waals surface area contributed by atoms with Gasteiger partial charge in [0.1, 0.15) is 11.0 Å². The second-order valence-electron chi connectivity index (χ2n) is 4.29. The molecule has 2 aromatic rings. The number of thiophene rings is 1. The lowest BCUT2D eigenvalue weighted by molar-refractivity contribution is -0.141. The molecule has 112 valence electrons. The molecule has 0 spiro atoms. The van der Waals surface area contributed by atoms with Gasteiger partial charge in [-0.15, -0.1) is 22.7 Å². The van der Waals surface area contributed by atoms with E-state index in [0.29, 0.717) is 16.5 Å². The minimum Gasteiger partial charge on any atom is -0.480 e. The van der Waals surface area contributed by atoms with E-state index in [4.69, 9.17) is 16.7 Å². The number of halogens is 1. The highest BCUT2D eigenvalue weighted by Gasteiger charge is 2.18. The number of thiazole rings is 1. The molecule has 5 nitrogen and oxygen atoms in total. The maximum absolute atomic E-state index is 11.8. The molecule has 21 heavy (non-hydrogen) atoms. The summed E-state index contributed by atoms with van der Waals surface area (Å²) in [5, 5.41) is 14.0. The number of aliphatic carboxylic acids is 1. The van der Waals surface area contributed by atoms with Gasteiger partial charge in [-0.25, -0.2) is 9.78 Å². The normalized spacial score (nSPS) is 12.1. The van der Waals surface area contributed by atoms with Crippen molar-refractivity contribution in [1.29, 1.82) is 0 Å². The number of nitrogens with zero attached hydrogens (tertiary/aromatic N) is 1. The third-order valence-corrected chi connectivity index (χ3v) is 5.01. The zero-order valence-corrected chi connectivity index (χ0v) is 13.5. The number of nitrogens with one attached hydrogen (secondary N) is 1. The number of aromatic nitrogens is 1. The quantitative estimate of drug-likeness (QED) is 0.844. The van der Waals surface area contributed by atoms with Crippen LogP contribution >= 0.6 is 34.3 Å². The van der Waals surface area contributed by atoms with Gasteiger partial charge >= 0.3 is 5.97 Å². The summed E-state index contributed by atoms with van der Waals surface area (Å²) in [5.41, 5.74) is 0.622. The Bertz CT molecular complexity index is 653. The van der Waals surface area contributed by atoms with E-state index in [-0.39, 0.29) is 12.3 Å². The second-order valence-corrected chi connectivity index (χ2v) is 6.86. The Morgan fingerprint density at radius 3 is 2.81 bits per heavy atom. The van der Waals surface area contributed by atoms with Gasteiger partial charge in [-0.05, 0) is 18.6 Å². The van der Waals surface area contributed by atoms with E-state index in [9.17, 15) is 9.59 Å². The number of carboxylic acids is 1. The molecule has 1 atom stereocenters. The molecule has 0 aliphatic carbocycles. The van der Waals surface area contributed by atoms with Crippen molar-refractivity contribution in [2.24, 2.45) is 0 Å². The van der Waals surface area contributed by atoms with Crippen molar-refractivity contribution in [3.63, 3.8) is 0 Å². The number of carbonyl (C=O) groups is 2. The second kappa shape index (κ2) is 7.02. The smallest absolute Gasteiger partial charge is 0.326 e. The molecule has 0 saturated heterocycles. The Balaban J connectivity index is 1.99. The van der Waals surface area contributed by atoms with Crippen molar-refractivity contribution in [3.8, 4) is 9.88 Å². The Morgan fingerprint density at radius 2 is 2.24 bits per heavy atom. The minimum absolute atomic E-state index is 0.0688. The lowest BCUT2D eigenvalue weighted by Crippen LogP contribution is -2.41. The summed E-state index contributed by atoms with van der Waals surface area (Å²) >= 11 is 8.74. The van der Waals surface area contributed by atoms with E-state index in [1.54, 1.807) is 18.4 Å². The average Bonchev–Trinajstić information content (AvgIpc) is 3.04. The van der Waals surface area contributed by atoms with Crippen LogP contribution in [0.5, 0.6) is 0 Å². The van der Waals surface area contributed by atoms with Gasteiger partial charge in [-0.3, -0.25) is 4.79 Å². The first-order chi connectivity index (χ1) is 9.99. The van der Waals surface area contributed by atoms with Gasteiger partial charge in [0.05, 0.1) is 21.3 Å². The number of rotatable bonds is 6. The fourth-order valence-electron chi connectivity index (χ4n) is 1.68. The first-order valence-corrected chi connectivity index (χ1v) is 8.29. The predicted octanol–water partition coefficient (Wildman–Crippen LogP) is 3.05. The highest BCUT2D eigenvalue weighted by Crippen LogP contribution is 2.32. The fraction of sp³-hybridized carbons (Fsp3) is 0.308. The molecule has 2 aromatic heterocycles. The van der Waals surface area contributed by atoms with Gasteiger partial charge < -0.3 is 10.4 Å². The van der Waals surface area contributed by atoms with E-state index < -0.39 is 12.0 Å². The number of hydrogen-bond donors (Lipinski definition) is 2. The Hall–Kier alpha value is -1.44. The zero-order chi connectivity index (χ0) is 15.4. The highest BCUT2D eigenvalue weighted by atomic mass is 35.5. The SMILES string of the molecule is CC[C@H](NC(=O)Cc1csc(-c2ccc(Cl)s2)n1)C(=O)O. The summed E-state index contributed by atoms with van der Waals surface area (Å²) in [6.45, 7) is 1.71. The zero-order valence-electron chi connectivity index (χ0n) is 11.1. The number of carbonyl (C=O) groups excluding carboxylic acids is 1. The average molecular weight is 345 g/mol.